The number of rotatable bonds is 4. The zero-order valence-electron chi connectivity index (χ0n) is 10.5. The highest BCUT2D eigenvalue weighted by Crippen LogP contribution is 2.30. The molecule has 0 radical (unpaired) electrons. The molecule has 0 aliphatic rings. The van der Waals surface area contributed by atoms with Gasteiger partial charge in [-0.1, -0.05) is 30.3 Å². The summed E-state index contributed by atoms with van der Waals surface area (Å²) in [4.78, 5) is 1.11. The van der Waals surface area contributed by atoms with E-state index in [9.17, 15) is 0 Å². The van der Waals surface area contributed by atoms with Crippen molar-refractivity contribution < 1.29 is 0 Å². The first-order valence-corrected chi connectivity index (χ1v) is 8.20. The number of thiophene rings is 1. The molecule has 20 heavy (non-hydrogen) atoms. The average Bonchev–Trinajstić information content (AvgIpc) is 3.04. The lowest BCUT2D eigenvalue weighted by Crippen LogP contribution is -2.03. The molecule has 3 nitrogen and oxygen atoms in total. The van der Waals surface area contributed by atoms with Crippen LogP contribution in [0.2, 0.25) is 0 Å². The van der Waals surface area contributed by atoms with E-state index < -0.39 is 0 Å². The summed E-state index contributed by atoms with van der Waals surface area (Å²) in [6.45, 7) is 0.824. The monoisotopic (exact) mass is 365 g/mol. The van der Waals surface area contributed by atoms with E-state index >= 15 is 0 Å². The summed E-state index contributed by atoms with van der Waals surface area (Å²) >= 11 is 10.5. The van der Waals surface area contributed by atoms with Crippen molar-refractivity contribution in [1.82, 2.24) is 14.8 Å². The van der Waals surface area contributed by atoms with E-state index in [-0.39, 0.29) is 0 Å². The summed E-state index contributed by atoms with van der Waals surface area (Å²) in [5.41, 5.74) is 1.30. The first-order chi connectivity index (χ1) is 9.74. The van der Waals surface area contributed by atoms with Crippen molar-refractivity contribution in [3.05, 3.63) is 56.6 Å². The first-order valence-electron chi connectivity index (χ1n) is 6.19. The van der Waals surface area contributed by atoms with Gasteiger partial charge in [0, 0.05) is 6.54 Å². The molecule has 0 aliphatic carbocycles. The van der Waals surface area contributed by atoms with E-state index in [0.717, 1.165) is 27.5 Å². The number of H-pyrrole nitrogens is 1. The van der Waals surface area contributed by atoms with Gasteiger partial charge in [0.1, 0.15) is 0 Å². The largest absolute Gasteiger partial charge is 0.299 e. The third kappa shape index (κ3) is 2.92. The van der Waals surface area contributed by atoms with Gasteiger partial charge in [-0.25, -0.2) is 0 Å². The van der Waals surface area contributed by atoms with Crippen LogP contribution in [0.1, 0.15) is 5.56 Å². The Labute approximate surface area is 134 Å². The molecule has 3 rings (SSSR count). The Kier molecular flexibility index (Phi) is 4.14. The smallest absolute Gasteiger partial charge is 0.195 e. The van der Waals surface area contributed by atoms with Gasteiger partial charge in [0.15, 0.2) is 10.6 Å². The fourth-order valence-corrected chi connectivity index (χ4v) is 3.64. The summed E-state index contributed by atoms with van der Waals surface area (Å²) in [5.74, 6) is 0.904. The van der Waals surface area contributed by atoms with Gasteiger partial charge in [-0.05, 0) is 52.3 Å². The Hall–Kier alpha value is -1.24. The molecule has 0 saturated heterocycles. The molecule has 6 heteroatoms. The van der Waals surface area contributed by atoms with Crippen LogP contribution in [0.15, 0.2) is 46.3 Å². The summed E-state index contributed by atoms with van der Waals surface area (Å²) in [7, 11) is 0. The van der Waals surface area contributed by atoms with Crippen molar-refractivity contribution in [2.45, 2.75) is 13.0 Å². The van der Waals surface area contributed by atoms with E-state index in [0.29, 0.717) is 4.77 Å². The molecule has 0 saturated carbocycles. The molecule has 102 valence electrons. The molecule has 0 unspecified atom stereocenters. The molecule has 2 heterocycles. The first kappa shape index (κ1) is 13.7. The number of nitrogens with zero attached hydrogens (tertiary/aromatic N) is 2. The van der Waals surface area contributed by atoms with Gasteiger partial charge in [0.25, 0.3) is 0 Å². The van der Waals surface area contributed by atoms with Crippen LogP contribution in [0.3, 0.4) is 0 Å². The highest BCUT2D eigenvalue weighted by molar-refractivity contribution is 9.11. The second-order valence-electron chi connectivity index (χ2n) is 4.34. The molecule has 2 aromatic heterocycles. The summed E-state index contributed by atoms with van der Waals surface area (Å²) in [6, 6.07) is 14.5. The number of aryl methyl sites for hydroxylation is 1. The molecular formula is C14H12BrN3S2. The van der Waals surface area contributed by atoms with Crippen LogP contribution in [-0.2, 0) is 13.0 Å². The highest BCUT2D eigenvalue weighted by Gasteiger charge is 2.10. The zero-order chi connectivity index (χ0) is 13.9. The summed E-state index contributed by atoms with van der Waals surface area (Å²) < 4.78 is 3.82. The molecule has 0 amide bonds. The fraction of sp³-hybridized carbons (Fsp3) is 0.143. The topological polar surface area (TPSA) is 33.6 Å². The second kappa shape index (κ2) is 6.03. The number of halogens is 1. The lowest BCUT2D eigenvalue weighted by molar-refractivity contribution is 0.692. The minimum Gasteiger partial charge on any atom is -0.299 e. The van der Waals surface area contributed by atoms with Gasteiger partial charge in [-0.2, -0.15) is 5.10 Å². The van der Waals surface area contributed by atoms with Crippen LogP contribution in [0.5, 0.6) is 0 Å². The van der Waals surface area contributed by atoms with Crippen molar-refractivity contribution in [2.75, 3.05) is 0 Å². The average molecular weight is 366 g/mol. The predicted octanol–water partition coefficient (Wildman–Crippen LogP) is 4.67. The molecular weight excluding hydrogens is 354 g/mol. The van der Waals surface area contributed by atoms with Gasteiger partial charge in [-0.3, -0.25) is 9.67 Å². The van der Waals surface area contributed by atoms with Crippen molar-refractivity contribution in [2.24, 2.45) is 0 Å². The summed E-state index contributed by atoms with van der Waals surface area (Å²) in [5, 5.41) is 7.24. The van der Waals surface area contributed by atoms with Crippen LogP contribution in [0.4, 0.5) is 0 Å². The maximum Gasteiger partial charge on any atom is 0.195 e. The molecule has 1 N–H and O–H groups in total. The summed E-state index contributed by atoms with van der Waals surface area (Å²) in [6.07, 6.45) is 0.939. The van der Waals surface area contributed by atoms with E-state index in [1.54, 1.807) is 11.3 Å². The molecule has 0 atom stereocenters. The van der Waals surface area contributed by atoms with Gasteiger partial charge >= 0.3 is 0 Å². The third-order valence-electron chi connectivity index (χ3n) is 3.02. The number of aromatic amines is 1. The van der Waals surface area contributed by atoms with Gasteiger partial charge in [0.05, 0.1) is 8.66 Å². The normalized spacial score (nSPS) is 10.8. The van der Waals surface area contributed by atoms with E-state index in [2.05, 4.69) is 61.0 Å². The molecule has 1 aromatic carbocycles. The maximum atomic E-state index is 5.33. The molecule has 0 fully saturated rings. The van der Waals surface area contributed by atoms with Crippen LogP contribution in [0, 0.1) is 4.77 Å². The van der Waals surface area contributed by atoms with Crippen molar-refractivity contribution in [3.63, 3.8) is 0 Å². The number of hydrogen-bond acceptors (Lipinski definition) is 3. The van der Waals surface area contributed by atoms with Gasteiger partial charge in [-0.15, -0.1) is 11.3 Å². The Morgan fingerprint density at radius 3 is 2.70 bits per heavy atom. The van der Waals surface area contributed by atoms with Crippen LogP contribution in [-0.4, -0.2) is 14.8 Å². The molecule has 0 spiro atoms. The Bertz CT molecular complexity index is 758. The van der Waals surface area contributed by atoms with E-state index in [1.807, 2.05) is 12.1 Å². The van der Waals surface area contributed by atoms with Crippen LogP contribution >= 0.6 is 39.5 Å². The lowest BCUT2D eigenvalue weighted by atomic mass is 10.1. The fourth-order valence-electron chi connectivity index (χ4n) is 2.03. The molecule has 3 aromatic rings. The quantitative estimate of drug-likeness (QED) is 0.681. The van der Waals surface area contributed by atoms with Gasteiger partial charge < -0.3 is 0 Å². The minimum absolute atomic E-state index is 0.667. The zero-order valence-corrected chi connectivity index (χ0v) is 13.8. The number of aromatic nitrogens is 3. The molecule has 0 aliphatic heterocycles. The molecule has 0 bridgehead atoms. The SMILES string of the molecule is S=c1[nH]nc(-c2ccc(Br)s2)n1CCc1ccccc1. The Balaban J connectivity index is 1.86. The van der Waals surface area contributed by atoms with Crippen LogP contribution in [0.25, 0.3) is 10.7 Å². The predicted molar refractivity (Wildman–Crippen MR) is 88.6 cm³/mol. The van der Waals surface area contributed by atoms with Crippen LogP contribution < -0.4 is 0 Å². The number of benzene rings is 1. The lowest BCUT2D eigenvalue weighted by Gasteiger charge is -2.05. The van der Waals surface area contributed by atoms with Crippen molar-refractivity contribution in [1.29, 1.82) is 0 Å². The maximum absolute atomic E-state index is 5.33. The van der Waals surface area contributed by atoms with Crippen molar-refractivity contribution in [3.8, 4) is 10.7 Å². The van der Waals surface area contributed by atoms with E-state index in [4.69, 9.17) is 12.2 Å². The second-order valence-corrected chi connectivity index (χ2v) is 7.19. The third-order valence-corrected chi connectivity index (χ3v) is 4.95. The number of hydrogen-bond donors (Lipinski definition) is 1. The van der Waals surface area contributed by atoms with Crippen molar-refractivity contribution >= 4 is 39.5 Å². The highest BCUT2D eigenvalue weighted by atomic mass is 79.9. The van der Waals surface area contributed by atoms with Gasteiger partial charge in [0.2, 0.25) is 0 Å². The Morgan fingerprint density at radius 2 is 2.00 bits per heavy atom. The Morgan fingerprint density at radius 1 is 1.20 bits per heavy atom. The minimum atomic E-state index is 0.667. The standard InChI is InChI=1S/C14H12BrN3S2/c15-12-7-6-11(20-12)13-16-17-14(19)18(13)9-8-10-4-2-1-3-5-10/h1-7H,8-9H2,(H,17,19). The van der Waals surface area contributed by atoms with E-state index in [1.165, 1.54) is 5.56 Å². The number of nitrogens with one attached hydrogen (secondary N) is 1.